The number of terminal acetylenes is 1. The molecule has 0 aliphatic carbocycles. The highest BCUT2D eigenvalue weighted by atomic mass is 19.2. The summed E-state index contributed by atoms with van der Waals surface area (Å²) >= 11 is 0. The van der Waals surface area contributed by atoms with Gasteiger partial charge in [0, 0.05) is 18.2 Å². The minimum Gasteiger partial charge on any atom is -0.400 e. The first kappa shape index (κ1) is 17.3. The fraction of sp³-hybridized carbons (Fsp3) is 0.0625. The van der Waals surface area contributed by atoms with E-state index in [-0.39, 0.29) is 11.3 Å². The van der Waals surface area contributed by atoms with Crippen LogP contribution in [0, 0.1) is 29.8 Å². The Morgan fingerprint density at radius 1 is 1.14 bits per heavy atom. The zero-order valence-electron chi connectivity index (χ0n) is 11.5. The van der Waals surface area contributed by atoms with E-state index in [1.807, 2.05) is 0 Å². The molecule has 0 aromatic heterocycles. The largest absolute Gasteiger partial charge is 0.400 e. The Balaban J connectivity index is 0.00000116. The summed E-state index contributed by atoms with van der Waals surface area (Å²) < 4.78 is 40.6. The van der Waals surface area contributed by atoms with Crippen LogP contribution in [0.25, 0.3) is 0 Å². The number of nitrogens with one attached hydrogen (secondary N) is 1. The molecule has 0 bridgehead atoms. The number of aldehydes is 1. The van der Waals surface area contributed by atoms with E-state index in [9.17, 15) is 18.0 Å². The molecule has 0 fully saturated rings. The molecule has 2 aromatic carbocycles. The summed E-state index contributed by atoms with van der Waals surface area (Å²) in [5, 5.41) is 9.36. The first-order valence-electron chi connectivity index (χ1n) is 5.98. The number of anilines is 2. The summed E-state index contributed by atoms with van der Waals surface area (Å²) in [7, 11) is 1.00. The van der Waals surface area contributed by atoms with Gasteiger partial charge in [-0.05, 0) is 30.3 Å². The lowest BCUT2D eigenvalue weighted by atomic mass is 10.1. The van der Waals surface area contributed by atoms with E-state index < -0.39 is 23.1 Å². The van der Waals surface area contributed by atoms with Gasteiger partial charge in [-0.15, -0.1) is 6.42 Å². The fourth-order valence-corrected chi connectivity index (χ4v) is 1.63. The summed E-state index contributed by atoms with van der Waals surface area (Å²) in [4.78, 5) is 10.8. The van der Waals surface area contributed by atoms with Crippen LogP contribution in [0.1, 0.15) is 15.9 Å². The van der Waals surface area contributed by atoms with Crippen LogP contribution in [-0.4, -0.2) is 18.5 Å². The zero-order valence-corrected chi connectivity index (χ0v) is 11.5. The van der Waals surface area contributed by atoms with Crippen molar-refractivity contribution in [2.75, 3.05) is 12.4 Å². The molecule has 0 aliphatic heterocycles. The molecule has 6 heteroatoms. The molecule has 0 amide bonds. The predicted molar refractivity (Wildman–Crippen MR) is 77.5 cm³/mol. The van der Waals surface area contributed by atoms with Gasteiger partial charge in [-0.1, -0.05) is 5.92 Å². The molecule has 0 unspecified atom stereocenters. The number of carbonyl (C=O) groups is 1. The Hall–Kier alpha value is -2.78. The van der Waals surface area contributed by atoms with Gasteiger partial charge in [-0.3, -0.25) is 4.79 Å². The highest BCUT2D eigenvalue weighted by Gasteiger charge is 2.15. The second kappa shape index (κ2) is 7.86. The SMILES string of the molecule is C#Cc1ccc(Nc2c(C=O)ccc(F)c2F)c(F)c1.CO. The lowest BCUT2D eigenvalue weighted by Gasteiger charge is -2.11. The highest BCUT2D eigenvalue weighted by Crippen LogP contribution is 2.27. The molecule has 114 valence electrons. The van der Waals surface area contributed by atoms with Gasteiger partial charge < -0.3 is 10.4 Å². The molecule has 2 aromatic rings. The summed E-state index contributed by atoms with van der Waals surface area (Å²) in [5.74, 6) is -0.886. The summed E-state index contributed by atoms with van der Waals surface area (Å²) in [6, 6.07) is 5.70. The summed E-state index contributed by atoms with van der Waals surface area (Å²) in [6.45, 7) is 0. The van der Waals surface area contributed by atoms with Gasteiger partial charge >= 0.3 is 0 Å². The lowest BCUT2D eigenvalue weighted by molar-refractivity contribution is 0.112. The maximum absolute atomic E-state index is 13.7. The molecule has 3 nitrogen and oxygen atoms in total. The molecule has 0 spiro atoms. The number of aliphatic hydroxyl groups is 1. The first-order valence-corrected chi connectivity index (χ1v) is 5.98. The Labute approximate surface area is 125 Å². The van der Waals surface area contributed by atoms with Crippen LogP contribution in [0.3, 0.4) is 0 Å². The molecule has 0 atom stereocenters. The number of hydrogen-bond acceptors (Lipinski definition) is 3. The number of rotatable bonds is 3. The van der Waals surface area contributed by atoms with Crippen LogP contribution in [0.2, 0.25) is 0 Å². The number of aliphatic hydroxyl groups excluding tert-OH is 1. The van der Waals surface area contributed by atoms with Crippen molar-refractivity contribution in [3.8, 4) is 12.3 Å². The standard InChI is InChI=1S/C15H8F3NO.CH4O/c1-2-9-3-6-13(12(17)7-9)19-15-10(8-20)4-5-11(16)14(15)18;1-2/h1,3-8,19H;2H,1H3. The van der Waals surface area contributed by atoms with Crippen molar-refractivity contribution < 1.29 is 23.1 Å². The second-order valence-corrected chi connectivity index (χ2v) is 3.91. The molecular weight excluding hydrogens is 295 g/mol. The van der Waals surface area contributed by atoms with Crippen LogP contribution < -0.4 is 5.32 Å². The van der Waals surface area contributed by atoms with E-state index in [1.165, 1.54) is 12.1 Å². The second-order valence-electron chi connectivity index (χ2n) is 3.91. The average Bonchev–Trinajstić information content (AvgIpc) is 2.55. The van der Waals surface area contributed by atoms with Gasteiger partial charge in [0.05, 0.1) is 11.4 Å². The van der Waals surface area contributed by atoms with Gasteiger partial charge in [0.1, 0.15) is 5.82 Å². The number of benzene rings is 2. The third-order valence-electron chi connectivity index (χ3n) is 2.65. The fourth-order valence-electron chi connectivity index (χ4n) is 1.63. The number of hydrogen-bond donors (Lipinski definition) is 2. The van der Waals surface area contributed by atoms with Crippen molar-refractivity contribution in [2.24, 2.45) is 0 Å². The smallest absolute Gasteiger partial charge is 0.182 e. The van der Waals surface area contributed by atoms with Crippen molar-refractivity contribution in [1.82, 2.24) is 0 Å². The van der Waals surface area contributed by atoms with E-state index in [4.69, 9.17) is 11.5 Å². The van der Waals surface area contributed by atoms with Crippen LogP contribution in [0.4, 0.5) is 24.5 Å². The van der Waals surface area contributed by atoms with Crippen molar-refractivity contribution in [1.29, 1.82) is 0 Å². The Morgan fingerprint density at radius 3 is 2.36 bits per heavy atom. The van der Waals surface area contributed by atoms with E-state index in [0.29, 0.717) is 11.8 Å². The van der Waals surface area contributed by atoms with Gasteiger partial charge in [0.15, 0.2) is 17.9 Å². The van der Waals surface area contributed by atoms with Crippen LogP contribution >= 0.6 is 0 Å². The molecule has 0 saturated carbocycles. The summed E-state index contributed by atoms with van der Waals surface area (Å²) in [5.41, 5.74) is -0.350. The third kappa shape index (κ3) is 3.65. The Morgan fingerprint density at radius 2 is 1.82 bits per heavy atom. The van der Waals surface area contributed by atoms with Crippen LogP contribution in [-0.2, 0) is 0 Å². The van der Waals surface area contributed by atoms with Crippen molar-refractivity contribution in [3.05, 3.63) is 58.9 Å². The number of carbonyl (C=O) groups excluding carboxylic acids is 1. The zero-order chi connectivity index (χ0) is 16.7. The maximum Gasteiger partial charge on any atom is 0.182 e. The Bertz CT molecular complexity index is 724. The molecule has 0 aliphatic rings. The minimum atomic E-state index is -1.25. The van der Waals surface area contributed by atoms with E-state index >= 15 is 0 Å². The molecule has 2 N–H and O–H groups in total. The van der Waals surface area contributed by atoms with Crippen LogP contribution in [0.5, 0.6) is 0 Å². The highest BCUT2D eigenvalue weighted by molar-refractivity contribution is 5.86. The molecule has 0 heterocycles. The minimum absolute atomic E-state index is 0.114. The monoisotopic (exact) mass is 307 g/mol. The van der Waals surface area contributed by atoms with E-state index in [2.05, 4.69) is 11.2 Å². The van der Waals surface area contributed by atoms with Gasteiger partial charge in [0.2, 0.25) is 0 Å². The van der Waals surface area contributed by atoms with Crippen molar-refractivity contribution >= 4 is 17.7 Å². The maximum atomic E-state index is 13.7. The topological polar surface area (TPSA) is 49.3 Å². The molecule has 0 saturated heterocycles. The molecular formula is C16H12F3NO2. The summed E-state index contributed by atoms with van der Waals surface area (Å²) in [6.07, 6.45) is 5.46. The van der Waals surface area contributed by atoms with Crippen molar-refractivity contribution in [2.45, 2.75) is 0 Å². The molecule has 22 heavy (non-hydrogen) atoms. The van der Waals surface area contributed by atoms with E-state index in [1.54, 1.807) is 0 Å². The van der Waals surface area contributed by atoms with Crippen molar-refractivity contribution in [3.63, 3.8) is 0 Å². The quantitative estimate of drug-likeness (QED) is 0.676. The molecule has 0 radical (unpaired) electrons. The van der Waals surface area contributed by atoms with E-state index in [0.717, 1.165) is 25.3 Å². The predicted octanol–water partition coefficient (Wildman–Crippen LogP) is 3.25. The van der Waals surface area contributed by atoms with Gasteiger partial charge in [0.25, 0.3) is 0 Å². The third-order valence-corrected chi connectivity index (χ3v) is 2.65. The number of halogens is 3. The normalized spacial score (nSPS) is 9.27. The molecule has 2 rings (SSSR count). The lowest BCUT2D eigenvalue weighted by Crippen LogP contribution is -2.02. The average molecular weight is 307 g/mol. The van der Waals surface area contributed by atoms with Gasteiger partial charge in [-0.2, -0.15) is 0 Å². The first-order chi connectivity index (χ1) is 10.6. The Kier molecular flexibility index (Phi) is 6.17. The van der Waals surface area contributed by atoms with Gasteiger partial charge in [-0.25, -0.2) is 13.2 Å². The van der Waals surface area contributed by atoms with Crippen LogP contribution in [0.15, 0.2) is 30.3 Å².